The van der Waals surface area contributed by atoms with Crippen LogP contribution in [0.2, 0.25) is 0 Å². The van der Waals surface area contributed by atoms with E-state index in [9.17, 15) is 0 Å². The van der Waals surface area contributed by atoms with Crippen molar-refractivity contribution in [1.82, 2.24) is 0 Å². The largest absolute Gasteiger partial charge is 0.504 e. The summed E-state index contributed by atoms with van der Waals surface area (Å²) < 4.78 is 4.78. The molecule has 1 aliphatic carbocycles. The molecule has 40 valence electrons. The van der Waals surface area contributed by atoms with E-state index in [4.69, 9.17) is 4.74 Å². The molecule has 1 nitrogen and oxygen atoms in total. The molecule has 0 unspecified atom stereocenters. The highest BCUT2D eigenvalue weighted by Gasteiger charge is 2.06. The third kappa shape index (κ3) is 0.952. The zero-order valence-corrected chi connectivity index (χ0v) is 4.61. The van der Waals surface area contributed by atoms with E-state index in [2.05, 4.69) is 0 Å². The zero-order valence-electron chi connectivity index (χ0n) is 4.61. The predicted molar refractivity (Wildman–Crippen MR) is 28.9 cm³/mol. The van der Waals surface area contributed by atoms with E-state index in [1.165, 1.54) is 24.8 Å². The average molecular weight is 98.1 g/mol. The van der Waals surface area contributed by atoms with Crippen molar-refractivity contribution in [2.45, 2.75) is 19.3 Å². The second kappa shape index (κ2) is 2.01. The van der Waals surface area contributed by atoms with E-state index < -0.39 is 0 Å². The molecule has 1 aliphatic rings. The molecule has 0 aliphatic heterocycles. The summed E-state index contributed by atoms with van der Waals surface area (Å²) in [7, 11) is 1.70. The van der Waals surface area contributed by atoms with Crippen LogP contribution in [0.1, 0.15) is 19.3 Å². The number of ether oxygens (including phenoxy) is 1. The molecule has 1 rings (SSSR count). The van der Waals surface area contributed by atoms with Crippen LogP contribution in [0.4, 0.5) is 0 Å². The third-order valence-corrected chi connectivity index (χ3v) is 1.28. The van der Waals surface area contributed by atoms with Crippen LogP contribution in [-0.2, 0) is 4.74 Å². The van der Waals surface area contributed by atoms with Crippen molar-refractivity contribution in [3.8, 4) is 0 Å². The van der Waals surface area contributed by atoms with Crippen LogP contribution in [0.25, 0.3) is 0 Å². The van der Waals surface area contributed by atoms with E-state index in [1.807, 2.05) is 6.26 Å². The maximum atomic E-state index is 4.78. The Morgan fingerprint density at radius 3 is 2.43 bits per heavy atom. The van der Waals surface area contributed by atoms with Gasteiger partial charge in [0.25, 0.3) is 0 Å². The van der Waals surface area contributed by atoms with E-state index >= 15 is 0 Å². The Kier molecular flexibility index (Phi) is 1.35. The Morgan fingerprint density at radius 2 is 2.29 bits per heavy atom. The molecule has 0 aromatic rings. The molecular weight excluding hydrogens is 88.1 g/mol. The fourth-order valence-electron chi connectivity index (χ4n) is 0.665. The Balaban J connectivity index is 2.23. The average Bonchev–Trinajstić information content (AvgIpc) is 1.55. The van der Waals surface area contributed by atoms with Crippen LogP contribution < -0.4 is 0 Å². The van der Waals surface area contributed by atoms with Gasteiger partial charge in [0.05, 0.1) is 13.4 Å². The van der Waals surface area contributed by atoms with Gasteiger partial charge in [-0.25, -0.2) is 0 Å². The first-order valence-electron chi connectivity index (χ1n) is 2.64. The summed E-state index contributed by atoms with van der Waals surface area (Å²) in [4.78, 5) is 0. The summed E-state index contributed by atoms with van der Waals surface area (Å²) in [6.45, 7) is 0. The van der Waals surface area contributed by atoms with Crippen LogP contribution in [0.15, 0.2) is 11.8 Å². The Bertz CT molecular complexity index is 78.2. The van der Waals surface area contributed by atoms with Crippen molar-refractivity contribution < 1.29 is 4.74 Å². The Hall–Kier alpha value is -0.460. The number of hydrogen-bond acceptors (Lipinski definition) is 1. The molecule has 0 N–H and O–H groups in total. The molecule has 1 saturated carbocycles. The molecule has 0 saturated heterocycles. The fraction of sp³-hybridized carbons (Fsp3) is 0.667. The van der Waals surface area contributed by atoms with Gasteiger partial charge in [-0.05, 0) is 24.8 Å². The molecule has 0 radical (unpaired) electrons. The Morgan fingerprint density at radius 1 is 1.57 bits per heavy atom. The summed E-state index contributed by atoms with van der Waals surface area (Å²) in [5.74, 6) is 0. The lowest BCUT2D eigenvalue weighted by Gasteiger charge is -2.14. The second-order valence-electron chi connectivity index (χ2n) is 1.87. The first-order chi connectivity index (χ1) is 3.43. The van der Waals surface area contributed by atoms with Gasteiger partial charge in [0.15, 0.2) is 0 Å². The quantitative estimate of drug-likeness (QED) is 0.453. The van der Waals surface area contributed by atoms with Gasteiger partial charge in [0.1, 0.15) is 0 Å². The van der Waals surface area contributed by atoms with Gasteiger partial charge in [-0.1, -0.05) is 0 Å². The van der Waals surface area contributed by atoms with Crippen LogP contribution in [0.5, 0.6) is 0 Å². The van der Waals surface area contributed by atoms with Crippen molar-refractivity contribution in [2.24, 2.45) is 0 Å². The van der Waals surface area contributed by atoms with E-state index in [1.54, 1.807) is 7.11 Å². The van der Waals surface area contributed by atoms with Gasteiger partial charge in [0.2, 0.25) is 0 Å². The lowest BCUT2D eigenvalue weighted by molar-refractivity contribution is 0.326. The van der Waals surface area contributed by atoms with E-state index in [0.717, 1.165) is 0 Å². The minimum Gasteiger partial charge on any atom is -0.504 e. The summed E-state index contributed by atoms with van der Waals surface area (Å²) in [6, 6.07) is 0. The maximum absolute atomic E-state index is 4.78. The van der Waals surface area contributed by atoms with Gasteiger partial charge in [-0.2, -0.15) is 0 Å². The van der Waals surface area contributed by atoms with Gasteiger partial charge in [0, 0.05) is 0 Å². The standard InChI is InChI=1S/C6H10O/c1-7-5-6-3-2-4-6/h5H,2-4H2,1H3. The first-order valence-corrected chi connectivity index (χ1v) is 2.64. The van der Waals surface area contributed by atoms with Crippen molar-refractivity contribution in [3.05, 3.63) is 11.8 Å². The topological polar surface area (TPSA) is 9.23 Å². The molecule has 1 heteroatoms. The molecule has 1 fully saturated rings. The lowest BCUT2D eigenvalue weighted by Crippen LogP contribution is -1.96. The maximum Gasteiger partial charge on any atom is 0.0816 e. The molecule has 0 bridgehead atoms. The number of hydrogen-bond donors (Lipinski definition) is 0. The van der Waals surface area contributed by atoms with Crippen molar-refractivity contribution >= 4 is 0 Å². The smallest absolute Gasteiger partial charge is 0.0816 e. The minimum absolute atomic E-state index is 1.26. The molecular formula is C6H10O. The summed E-state index contributed by atoms with van der Waals surface area (Å²) in [6.07, 6.45) is 5.72. The van der Waals surface area contributed by atoms with Gasteiger partial charge in [-0.3, -0.25) is 0 Å². The van der Waals surface area contributed by atoms with Crippen LogP contribution in [0, 0.1) is 0 Å². The molecule has 0 spiro atoms. The van der Waals surface area contributed by atoms with Crippen molar-refractivity contribution in [3.63, 3.8) is 0 Å². The molecule has 0 aromatic heterocycles. The first kappa shape index (κ1) is 4.69. The SMILES string of the molecule is COC=C1CCC1. The summed E-state index contributed by atoms with van der Waals surface area (Å²) in [5.41, 5.74) is 1.46. The number of methoxy groups -OCH3 is 1. The fourth-order valence-corrected chi connectivity index (χ4v) is 0.665. The normalized spacial score (nSPS) is 18.1. The molecule has 0 aromatic carbocycles. The second-order valence-corrected chi connectivity index (χ2v) is 1.87. The third-order valence-electron chi connectivity index (χ3n) is 1.28. The summed E-state index contributed by atoms with van der Waals surface area (Å²) in [5, 5.41) is 0. The highest BCUT2D eigenvalue weighted by molar-refractivity contribution is 5.05. The molecule has 0 atom stereocenters. The number of rotatable bonds is 1. The molecule has 0 amide bonds. The molecule has 0 heterocycles. The predicted octanol–water partition coefficient (Wildman–Crippen LogP) is 1.70. The van der Waals surface area contributed by atoms with Crippen molar-refractivity contribution in [1.29, 1.82) is 0 Å². The van der Waals surface area contributed by atoms with Crippen LogP contribution in [-0.4, -0.2) is 7.11 Å². The van der Waals surface area contributed by atoms with E-state index in [0.29, 0.717) is 0 Å². The number of allylic oxidation sites excluding steroid dienone is 1. The molecule has 7 heavy (non-hydrogen) atoms. The Labute approximate surface area is 44.0 Å². The highest BCUT2D eigenvalue weighted by Crippen LogP contribution is 2.24. The van der Waals surface area contributed by atoms with Gasteiger partial charge >= 0.3 is 0 Å². The van der Waals surface area contributed by atoms with E-state index in [-0.39, 0.29) is 0 Å². The highest BCUT2D eigenvalue weighted by atomic mass is 16.5. The zero-order chi connectivity index (χ0) is 5.11. The van der Waals surface area contributed by atoms with Gasteiger partial charge < -0.3 is 4.74 Å². The van der Waals surface area contributed by atoms with Crippen LogP contribution in [0.3, 0.4) is 0 Å². The van der Waals surface area contributed by atoms with Gasteiger partial charge in [-0.15, -0.1) is 0 Å². The van der Waals surface area contributed by atoms with Crippen molar-refractivity contribution in [2.75, 3.05) is 7.11 Å². The lowest BCUT2D eigenvalue weighted by atomic mass is 9.94. The van der Waals surface area contributed by atoms with Crippen LogP contribution >= 0.6 is 0 Å². The summed E-state index contributed by atoms with van der Waals surface area (Å²) >= 11 is 0. The monoisotopic (exact) mass is 98.1 g/mol. The minimum atomic E-state index is 1.26.